The quantitative estimate of drug-likeness (QED) is 0.464. The molecule has 1 fully saturated rings. The summed E-state index contributed by atoms with van der Waals surface area (Å²) in [5, 5.41) is 17.5. The number of carbonyl (C=O) groups excluding carboxylic acids is 1. The molecule has 8 heteroatoms. The second-order valence-electron chi connectivity index (χ2n) is 11.8. The largest absolute Gasteiger partial charge is 0.481 e. The van der Waals surface area contributed by atoms with Gasteiger partial charge in [0.25, 0.3) is 5.88 Å². The molecule has 1 aliphatic carbocycles. The summed E-state index contributed by atoms with van der Waals surface area (Å²) in [7, 11) is 1.62. The number of fused-ring (bicyclic) bond motifs is 1. The van der Waals surface area contributed by atoms with Crippen LogP contribution in [-0.4, -0.2) is 47.4 Å². The second-order valence-corrected chi connectivity index (χ2v) is 11.8. The van der Waals surface area contributed by atoms with Crippen molar-refractivity contribution in [1.82, 2.24) is 15.6 Å². The van der Waals surface area contributed by atoms with E-state index in [-0.39, 0.29) is 35.3 Å². The number of amides is 1. The number of aliphatic hydroxyl groups is 1. The Hall–Kier alpha value is -2.71. The predicted molar refractivity (Wildman–Crippen MR) is 140 cm³/mol. The molecule has 2 aliphatic rings. The first kappa shape index (κ1) is 27.3. The summed E-state index contributed by atoms with van der Waals surface area (Å²) in [5.74, 6) is 0.589. The lowest BCUT2D eigenvalue weighted by atomic mass is 9.73. The van der Waals surface area contributed by atoms with E-state index in [1.807, 2.05) is 0 Å². The number of hydrogen-bond donors (Lipinski definition) is 3. The van der Waals surface area contributed by atoms with Gasteiger partial charge in [0.15, 0.2) is 5.75 Å². The third-order valence-corrected chi connectivity index (χ3v) is 7.23. The number of ether oxygens (including phenoxy) is 2. The number of halogens is 1. The van der Waals surface area contributed by atoms with Gasteiger partial charge in [0, 0.05) is 37.2 Å². The van der Waals surface area contributed by atoms with Crippen molar-refractivity contribution < 1.29 is 23.8 Å². The molecule has 1 spiro atoms. The first-order valence-corrected chi connectivity index (χ1v) is 13.2. The molecule has 2 aromatic rings. The average molecular weight is 514 g/mol. The number of methoxy groups -OCH3 is 1. The van der Waals surface area contributed by atoms with Crippen molar-refractivity contribution in [3.8, 4) is 11.6 Å². The van der Waals surface area contributed by atoms with Gasteiger partial charge in [-0.25, -0.2) is 9.37 Å². The highest BCUT2D eigenvalue weighted by atomic mass is 19.1. The zero-order chi connectivity index (χ0) is 26.8. The van der Waals surface area contributed by atoms with E-state index in [2.05, 4.69) is 37.5 Å². The maximum atomic E-state index is 13.7. The Morgan fingerprint density at radius 3 is 2.68 bits per heavy atom. The van der Waals surface area contributed by atoms with Gasteiger partial charge in [0.2, 0.25) is 5.91 Å². The summed E-state index contributed by atoms with van der Waals surface area (Å²) in [5.41, 5.74) is 2.43. The lowest BCUT2D eigenvalue weighted by Gasteiger charge is -2.48. The van der Waals surface area contributed by atoms with Crippen LogP contribution in [0.4, 0.5) is 4.39 Å². The molecule has 3 atom stereocenters. The molecule has 0 saturated heterocycles. The van der Waals surface area contributed by atoms with Crippen LogP contribution in [0.2, 0.25) is 0 Å². The fraction of sp³-hybridized carbons (Fsp3) is 0.586. The van der Waals surface area contributed by atoms with Crippen molar-refractivity contribution in [3.05, 3.63) is 53.0 Å². The molecule has 0 bridgehead atoms. The Morgan fingerprint density at radius 2 is 2.08 bits per heavy atom. The molecule has 1 aromatic carbocycles. The summed E-state index contributed by atoms with van der Waals surface area (Å²) in [4.78, 5) is 16.6. The highest BCUT2D eigenvalue weighted by Crippen LogP contribution is 2.51. The first-order valence-electron chi connectivity index (χ1n) is 13.2. The van der Waals surface area contributed by atoms with Crippen LogP contribution in [0, 0.1) is 11.2 Å². The summed E-state index contributed by atoms with van der Waals surface area (Å²) >= 11 is 0. The SMILES string of the molecule is COc1nc(CC(C)(C)C)cc2c1OC1(CCC1)C[C@@H]2NC[C@@H](O)[C@H](Cc1cccc(F)c1)NC(C)=O. The maximum absolute atomic E-state index is 13.7. The molecule has 202 valence electrons. The van der Waals surface area contributed by atoms with Gasteiger partial charge in [0.1, 0.15) is 11.4 Å². The third-order valence-electron chi connectivity index (χ3n) is 7.23. The van der Waals surface area contributed by atoms with Gasteiger partial charge in [-0.05, 0) is 61.3 Å². The van der Waals surface area contributed by atoms with E-state index >= 15 is 0 Å². The molecule has 1 aromatic heterocycles. The molecule has 7 nitrogen and oxygen atoms in total. The number of aromatic nitrogens is 1. The number of nitrogens with one attached hydrogen (secondary N) is 2. The van der Waals surface area contributed by atoms with Crippen molar-refractivity contribution in [3.63, 3.8) is 0 Å². The molecule has 0 unspecified atom stereocenters. The van der Waals surface area contributed by atoms with Crippen LogP contribution in [0.1, 0.15) is 76.2 Å². The molecule has 0 radical (unpaired) electrons. The van der Waals surface area contributed by atoms with E-state index in [4.69, 9.17) is 14.5 Å². The average Bonchev–Trinajstić information content (AvgIpc) is 2.79. The Balaban J connectivity index is 1.56. The highest BCUT2D eigenvalue weighted by Gasteiger charge is 2.47. The monoisotopic (exact) mass is 513 g/mol. The van der Waals surface area contributed by atoms with Crippen LogP contribution in [-0.2, 0) is 17.6 Å². The van der Waals surface area contributed by atoms with Gasteiger partial charge in [0.05, 0.1) is 19.3 Å². The first-order chi connectivity index (χ1) is 17.5. The smallest absolute Gasteiger partial charge is 0.257 e. The van der Waals surface area contributed by atoms with Crippen molar-refractivity contribution in [1.29, 1.82) is 0 Å². The molecule has 4 rings (SSSR count). The predicted octanol–water partition coefficient (Wildman–Crippen LogP) is 4.26. The molecular formula is C29H40FN3O4. The van der Waals surface area contributed by atoms with Crippen molar-refractivity contribution in [2.24, 2.45) is 5.41 Å². The Morgan fingerprint density at radius 1 is 1.32 bits per heavy atom. The van der Waals surface area contributed by atoms with E-state index in [1.54, 1.807) is 19.2 Å². The Kier molecular flexibility index (Phi) is 8.09. The number of aliphatic hydroxyl groups excluding tert-OH is 1. The molecule has 3 N–H and O–H groups in total. The number of carbonyl (C=O) groups is 1. The minimum atomic E-state index is -0.881. The highest BCUT2D eigenvalue weighted by molar-refractivity contribution is 5.73. The number of hydrogen-bond acceptors (Lipinski definition) is 6. The van der Waals surface area contributed by atoms with Crippen LogP contribution in [0.25, 0.3) is 0 Å². The van der Waals surface area contributed by atoms with Gasteiger partial charge >= 0.3 is 0 Å². The summed E-state index contributed by atoms with van der Waals surface area (Å²) < 4.78 is 25.9. The molecule has 1 amide bonds. The van der Waals surface area contributed by atoms with Crippen LogP contribution in [0.3, 0.4) is 0 Å². The van der Waals surface area contributed by atoms with Gasteiger partial charge in [-0.3, -0.25) is 4.79 Å². The van der Waals surface area contributed by atoms with Crippen molar-refractivity contribution in [2.75, 3.05) is 13.7 Å². The van der Waals surface area contributed by atoms with E-state index in [0.717, 1.165) is 43.4 Å². The van der Waals surface area contributed by atoms with Gasteiger partial charge in [-0.15, -0.1) is 0 Å². The fourth-order valence-corrected chi connectivity index (χ4v) is 5.38. The second kappa shape index (κ2) is 11.0. The number of rotatable bonds is 9. The zero-order valence-electron chi connectivity index (χ0n) is 22.6. The van der Waals surface area contributed by atoms with Gasteiger partial charge in [-0.1, -0.05) is 32.9 Å². The van der Waals surface area contributed by atoms with Crippen LogP contribution in [0.15, 0.2) is 30.3 Å². The van der Waals surface area contributed by atoms with E-state index < -0.39 is 12.1 Å². The number of benzene rings is 1. The molecule has 37 heavy (non-hydrogen) atoms. The van der Waals surface area contributed by atoms with Gasteiger partial charge < -0.3 is 25.2 Å². The lowest BCUT2D eigenvalue weighted by molar-refractivity contribution is -0.120. The molecular weight excluding hydrogens is 473 g/mol. The molecule has 2 heterocycles. The minimum Gasteiger partial charge on any atom is -0.481 e. The third kappa shape index (κ3) is 6.79. The molecule has 1 saturated carbocycles. The standard InChI is InChI=1S/C29H40FN3O4/c1-18(34)32-23(13-19-8-6-9-20(30)12-19)25(35)17-31-24-16-29(10-7-11-29)37-26-22(24)14-21(15-28(2,3)4)33-27(26)36-5/h6,8-9,12,14,23-25,31,35H,7,10-11,13,15-17H2,1-5H3,(H,32,34)/t23-,24-,25+/m0/s1. The summed E-state index contributed by atoms with van der Waals surface area (Å²) in [6, 6.07) is 7.70. The Bertz CT molecular complexity index is 1110. The topological polar surface area (TPSA) is 92.7 Å². The summed E-state index contributed by atoms with van der Waals surface area (Å²) in [6.07, 6.45) is 4.05. The lowest BCUT2D eigenvalue weighted by Crippen LogP contribution is -2.52. The normalized spacial score (nSPS) is 19.8. The number of nitrogens with zero attached hydrogens (tertiary/aromatic N) is 1. The van der Waals surface area contributed by atoms with Crippen molar-refractivity contribution in [2.45, 2.75) is 90.0 Å². The van der Waals surface area contributed by atoms with Gasteiger partial charge in [-0.2, -0.15) is 0 Å². The maximum Gasteiger partial charge on any atom is 0.257 e. The number of pyridine rings is 1. The van der Waals surface area contributed by atoms with E-state index in [9.17, 15) is 14.3 Å². The van der Waals surface area contributed by atoms with Crippen LogP contribution >= 0.6 is 0 Å². The molecule has 1 aliphatic heterocycles. The van der Waals surface area contributed by atoms with Crippen molar-refractivity contribution >= 4 is 5.91 Å². The van der Waals surface area contributed by atoms with Crippen LogP contribution in [0.5, 0.6) is 11.6 Å². The van der Waals surface area contributed by atoms with Crippen LogP contribution < -0.4 is 20.1 Å². The zero-order valence-corrected chi connectivity index (χ0v) is 22.6. The van der Waals surface area contributed by atoms with E-state index in [0.29, 0.717) is 23.6 Å². The summed E-state index contributed by atoms with van der Waals surface area (Å²) in [6.45, 7) is 8.19. The Labute approximate surface area is 219 Å². The minimum absolute atomic E-state index is 0.0541. The fourth-order valence-electron chi connectivity index (χ4n) is 5.38. The van der Waals surface area contributed by atoms with E-state index in [1.165, 1.54) is 19.1 Å².